The molecule has 3 aromatic rings. The third-order valence-corrected chi connectivity index (χ3v) is 7.34. The second-order valence-electron chi connectivity index (χ2n) is 7.25. The van der Waals surface area contributed by atoms with Crippen LogP contribution in [0.3, 0.4) is 0 Å². The molecule has 0 saturated heterocycles. The van der Waals surface area contributed by atoms with Crippen LogP contribution in [0.15, 0.2) is 47.5 Å². The van der Waals surface area contributed by atoms with Crippen LogP contribution in [0, 0.1) is 0 Å². The number of imidazole rings is 1. The molecule has 31 heavy (non-hydrogen) atoms. The molecule has 0 atom stereocenters. The number of aromatic nitrogens is 3. The molecule has 2 heterocycles. The standard InChI is InChI=1S/C22H29N5O3S/c1-4-27(5-2)31(29,30)18-9-10-20-19(16-18)25-21(26(20)3)11-12-22(28)24-15-13-17-8-6-7-14-23-17/h6-10,14,16H,4-5,11-13,15H2,1-3H3,(H,24,28). The van der Waals surface area contributed by atoms with E-state index in [9.17, 15) is 13.2 Å². The smallest absolute Gasteiger partial charge is 0.243 e. The summed E-state index contributed by atoms with van der Waals surface area (Å²) in [6.07, 6.45) is 3.20. The quantitative estimate of drug-likeness (QED) is 0.519. The van der Waals surface area contributed by atoms with Crippen molar-refractivity contribution in [2.45, 2.75) is 38.0 Å². The predicted molar refractivity (Wildman–Crippen MR) is 120 cm³/mol. The summed E-state index contributed by atoms with van der Waals surface area (Å²) < 4.78 is 28.9. The Bertz CT molecular complexity index is 1140. The van der Waals surface area contributed by atoms with Crippen molar-refractivity contribution in [3.63, 3.8) is 0 Å². The van der Waals surface area contributed by atoms with E-state index in [1.807, 2.05) is 43.7 Å². The summed E-state index contributed by atoms with van der Waals surface area (Å²) in [5.74, 6) is 0.694. The number of hydrogen-bond acceptors (Lipinski definition) is 5. The van der Waals surface area contributed by atoms with Crippen LogP contribution in [0.25, 0.3) is 11.0 Å². The first-order chi connectivity index (χ1) is 14.9. The molecule has 166 valence electrons. The largest absolute Gasteiger partial charge is 0.356 e. The zero-order chi connectivity index (χ0) is 22.4. The number of aryl methyl sites for hydroxylation is 2. The Morgan fingerprint density at radius 1 is 1.13 bits per heavy atom. The number of sulfonamides is 1. The molecule has 0 spiro atoms. The maximum atomic E-state index is 12.8. The monoisotopic (exact) mass is 443 g/mol. The van der Waals surface area contributed by atoms with Gasteiger partial charge in [0.05, 0.1) is 15.9 Å². The number of hydrogen-bond donors (Lipinski definition) is 1. The van der Waals surface area contributed by atoms with E-state index in [1.165, 1.54) is 4.31 Å². The van der Waals surface area contributed by atoms with Gasteiger partial charge in [0.25, 0.3) is 0 Å². The molecule has 0 bridgehead atoms. The second kappa shape index (κ2) is 10.0. The highest BCUT2D eigenvalue weighted by Crippen LogP contribution is 2.22. The summed E-state index contributed by atoms with van der Waals surface area (Å²) in [7, 11) is -1.66. The van der Waals surface area contributed by atoms with Crippen LogP contribution >= 0.6 is 0 Å². The van der Waals surface area contributed by atoms with E-state index in [0.29, 0.717) is 44.4 Å². The molecule has 9 heteroatoms. The van der Waals surface area contributed by atoms with Crippen LogP contribution in [0.1, 0.15) is 31.8 Å². The molecule has 0 aliphatic heterocycles. The zero-order valence-corrected chi connectivity index (χ0v) is 19.0. The number of carbonyl (C=O) groups excluding carboxylic acids is 1. The lowest BCUT2D eigenvalue weighted by Crippen LogP contribution is -2.30. The highest BCUT2D eigenvalue weighted by atomic mass is 32.2. The van der Waals surface area contributed by atoms with Crippen molar-refractivity contribution < 1.29 is 13.2 Å². The molecule has 2 aromatic heterocycles. The summed E-state index contributed by atoms with van der Waals surface area (Å²) in [4.78, 5) is 21.3. The van der Waals surface area contributed by atoms with Gasteiger partial charge in [-0.25, -0.2) is 13.4 Å². The first kappa shape index (κ1) is 22.9. The first-order valence-corrected chi connectivity index (χ1v) is 11.9. The summed E-state index contributed by atoms with van der Waals surface area (Å²) in [6, 6.07) is 10.7. The Kier molecular flexibility index (Phi) is 7.40. The Balaban J connectivity index is 1.65. The van der Waals surface area contributed by atoms with Crippen LogP contribution in [-0.4, -0.2) is 52.8 Å². The number of pyridine rings is 1. The summed E-state index contributed by atoms with van der Waals surface area (Å²) >= 11 is 0. The van der Waals surface area contributed by atoms with Gasteiger partial charge >= 0.3 is 0 Å². The lowest BCUT2D eigenvalue weighted by molar-refractivity contribution is -0.121. The molecular weight excluding hydrogens is 414 g/mol. The molecule has 0 fully saturated rings. The lowest BCUT2D eigenvalue weighted by atomic mass is 10.2. The third kappa shape index (κ3) is 5.29. The van der Waals surface area contributed by atoms with Crippen molar-refractivity contribution >= 4 is 27.0 Å². The van der Waals surface area contributed by atoms with Crippen LogP contribution in [0.5, 0.6) is 0 Å². The SMILES string of the molecule is CCN(CC)S(=O)(=O)c1ccc2c(c1)nc(CCC(=O)NCCc1ccccn1)n2C. The molecule has 0 aliphatic rings. The molecular formula is C22H29N5O3S. The molecule has 8 nitrogen and oxygen atoms in total. The molecule has 0 aliphatic carbocycles. The average Bonchev–Trinajstić information content (AvgIpc) is 3.08. The Morgan fingerprint density at radius 3 is 2.58 bits per heavy atom. The lowest BCUT2D eigenvalue weighted by Gasteiger charge is -2.18. The molecule has 0 unspecified atom stereocenters. The Labute approximate surface area is 183 Å². The average molecular weight is 444 g/mol. The maximum absolute atomic E-state index is 12.8. The van der Waals surface area contributed by atoms with Gasteiger partial charge in [-0.3, -0.25) is 9.78 Å². The number of carbonyl (C=O) groups is 1. The van der Waals surface area contributed by atoms with E-state index < -0.39 is 10.0 Å². The molecule has 1 N–H and O–H groups in total. The van der Waals surface area contributed by atoms with Gasteiger partial charge in [-0.2, -0.15) is 4.31 Å². The molecule has 0 saturated carbocycles. The van der Waals surface area contributed by atoms with Crippen LogP contribution in [-0.2, 0) is 34.7 Å². The number of fused-ring (bicyclic) bond motifs is 1. The first-order valence-electron chi connectivity index (χ1n) is 10.5. The second-order valence-corrected chi connectivity index (χ2v) is 9.19. The fourth-order valence-corrected chi connectivity index (χ4v) is 4.99. The Hall–Kier alpha value is -2.78. The topological polar surface area (TPSA) is 97.2 Å². The van der Waals surface area contributed by atoms with E-state index in [4.69, 9.17) is 0 Å². The molecule has 1 amide bonds. The van der Waals surface area contributed by atoms with Gasteiger partial charge < -0.3 is 9.88 Å². The minimum atomic E-state index is -3.54. The van der Waals surface area contributed by atoms with Crippen molar-refractivity contribution in [3.8, 4) is 0 Å². The van der Waals surface area contributed by atoms with Crippen molar-refractivity contribution in [2.24, 2.45) is 7.05 Å². The fourth-order valence-electron chi connectivity index (χ4n) is 3.52. The highest BCUT2D eigenvalue weighted by Gasteiger charge is 2.22. The number of rotatable bonds is 10. The van der Waals surface area contributed by atoms with Crippen molar-refractivity contribution in [2.75, 3.05) is 19.6 Å². The minimum absolute atomic E-state index is 0.0483. The van der Waals surface area contributed by atoms with Gasteiger partial charge in [0.1, 0.15) is 5.82 Å². The summed E-state index contributed by atoms with van der Waals surface area (Å²) in [5, 5.41) is 2.91. The minimum Gasteiger partial charge on any atom is -0.356 e. The third-order valence-electron chi connectivity index (χ3n) is 5.29. The van der Waals surface area contributed by atoms with E-state index in [0.717, 1.165) is 17.0 Å². The van der Waals surface area contributed by atoms with Gasteiger partial charge in [0, 0.05) is 57.8 Å². The fraction of sp³-hybridized carbons (Fsp3) is 0.409. The number of amides is 1. The van der Waals surface area contributed by atoms with Crippen molar-refractivity contribution in [1.82, 2.24) is 24.2 Å². The molecule has 3 rings (SSSR count). The van der Waals surface area contributed by atoms with Crippen LogP contribution < -0.4 is 5.32 Å². The van der Waals surface area contributed by atoms with E-state index in [2.05, 4.69) is 15.3 Å². The van der Waals surface area contributed by atoms with Crippen LogP contribution in [0.2, 0.25) is 0 Å². The number of nitrogens with one attached hydrogen (secondary N) is 1. The molecule has 1 aromatic carbocycles. The normalized spacial score (nSPS) is 11.9. The van der Waals surface area contributed by atoms with Crippen LogP contribution in [0.4, 0.5) is 0 Å². The Morgan fingerprint density at radius 2 is 1.90 bits per heavy atom. The molecule has 0 radical (unpaired) electrons. The zero-order valence-electron chi connectivity index (χ0n) is 18.2. The maximum Gasteiger partial charge on any atom is 0.243 e. The van der Waals surface area contributed by atoms with Gasteiger partial charge in [0.2, 0.25) is 15.9 Å². The van der Waals surface area contributed by atoms with Gasteiger partial charge in [-0.1, -0.05) is 19.9 Å². The van der Waals surface area contributed by atoms with E-state index in [-0.39, 0.29) is 10.8 Å². The van der Waals surface area contributed by atoms with E-state index in [1.54, 1.807) is 24.4 Å². The summed E-state index contributed by atoms with van der Waals surface area (Å²) in [6.45, 7) is 5.00. The van der Waals surface area contributed by atoms with Gasteiger partial charge in [-0.05, 0) is 30.3 Å². The summed E-state index contributed by atoms with van der Waals surface area (Å²) in [5.41, 5.74) is 2.39. The number of nitrogens with zero attached hydrogens (tertiary/aromatic N) is 4. The van der Waals surface area contributed by atoms with Crippen molar-refractivity contribution in [1.29, 1.82) is 0 Å². The highest BCUT2D eigenvalue weighted by molar-refractivity contribution is 7.89. The number of benzene rings is 1. The van der Waals surface area contributed by atoms with E-state index >= 15 is 0 Å². The van der Waals surface area contributed by atoms with Gasteiger partial charge in [-0.15, -0.1) is 0 Å². The van der Waals surface area contributed by atoms with Gasteiger partial charge in [0.15, 0.2) is 0 Å². The predicted octanol–water partition coefficient (Wildman–Crippen LogP) is 2.29. The van der Waals surface area contributed by atoms with Crippen molar-refractivity contribution in [3.05, 3.63) is 54.1 Å².